The van der Waals surface area contributed by atoms with E-state index in [1.54, 1.807) is 0 Å². The lowest BCUT2D eigenvalue weighted by molar-refractivity contribution is 0.146. The molecule has 1 atom stereocenters. The van der Waals surface area contributed by atoms with Gasteiger partial charge in [0.2, 0.25) is 0 Å². The molecule has 1 aliphatic rings. The maximum absolute atomic E-state index is 4.25. The third-order valence-corrected chi connectivity index (χ3v) is 4.13. The lowest BCUT2D eigenvalue weighted by atomic mass is 10.0. The molecule has 1 unspecified atom stereocenters. The zero-order valence-electron chi connectivity index (χ0n) is 12.4. The molecule has 4 heteroatoms. The van der Waals surface area contributed by atoms with Crippen molar-refractivity contribution in [3.05, 3.63) is 18.0 Å². The molecule has 0 spiro atoms. The highest BCUT2D eigenvalue weighted by Gasteiger charge is 2.21. The third kappa shape index (κ3) is 4.32. The van der Waals surface area contributed by atoms with Gasteiger partial charge in [0.05, 0.1) is 0 Å². The molecule has 1 N–H and O–H groups in total. The van der Waals surface area contributed by atoms with Gasteiger partial charge in [-0.25, -0.2) is 0 Å². The molecule has 2 rings (SSSR count). The average molecular weight is 264 g/mol. The van der Waals surface area contributed by atoms with Crippen LogP contribution in [0.4, 0.5) is 0 Å². The quantitative estimate of drug-likeness (QED) is 0.763. The van der Waals surface area contributed by atoms with E-state index in [1.807, 2.05) is 17.9 Å². The summed E-state index contributed by atoms with van der Waals surface area (Å²) in [6, 6.07) is 2.86. The van der Waals surface area contributed by atoms with E-state index in [2.05, 4.69) is 28.3 Å². The van der Waals surface area contributed by atoms with Crippen LogP contribution in [0, 0.1) is 0 Å². The summed E-state index contributed by atoms with van der Waals surface area (Å²) in [6.07, 6.45) is 8.33. The number of aromatic nitrogens is 2. The lowest BCUT2D eigenvalue weighted by Gasteiger charge is -2.36. The van der Waals surface area contributed by atoms with E-state index < -0.39 is 0 Å². The second-order valence-corrected chi connectivity index (χ2v) is 5.59. The summed E-state index contributed by atoms with van der Waals surface area (Å²) in [4.78, 5) is 2.67. The highest BCUT2D eigenvalue weighted by molar-refractivity contribution is 5.00. The lowest BCUT2D eigenvalue weighted by Crippen LogP contribution is -2.46. The zero-order valence-corrected chi connectivity index (χ0v) is 12.4. The Labute approximate surface area is 117 Å². The van der Waals surface area contributed by atoms with Crippen LogP contribution in [0.15, 0.2) is 12.3 Å². The Balaban J connectivity index is 1.80. The molecule has 0 bridgehead atoms. The first-order valence-electron chi connectivity index (χ1n) is 7.73. The van der Waals surface area contributed by atoms with Crippen LogP contribution in [0.2, 0.25) is 0 Å². The van der Waals surface area contributed by atoms with Crippen molar-refractivity contribution in [3.8, 4) is 0 Å². The van der Waals surface area contributed by atoms with Gasteiger partial charge in [-0.3, -0.25) is 9.58 Å². The normalized spacial score (nSPS) is 20.8. The van der Waals surface area contributed by atoms with E-state index in [1.165, 1.54) is 37.9 Å². The van der Waals surface area contributed by atoms with Crippen LogP contribution in [0.1, 0.15) is 38.3 Å². The molecule has 0 amide bonds. The summed E-state index contributed by atoms with van der Waals surface area (Å²) in [6.45, 7) is 6.95. The summed E-state index contributed by atoms with van der Waals surface area (Å²) in [5, 5.41) is 7.83. The van der Waals surface area contributed by atoms with Crippen LogP contribution in [0.25, 0.3) is 0 Å². The predicted octanol–water partition coefficient (Wildman–Crippen LogP) is 1.82. The third-order valence-electron chi connectivity index (χ3n) is 4.13. The Morgan fingerprint density at radius 2 is 2.32 bits per heavy atom. The summed E-state index contributed by atoms with van der Waals surface area (Å²) >= 11 is 0. The Morgan fingerprint density at radius 1 is 1.42 bits per heavy atom. The van der Waals surface area contributed by atoms with Gasteiger partial charge >= 0.3 is 0 Å². The Bertz CT molecular complexity index is 361. The van der Waals surface area contributed by atoms with Gasteiger partial charge in [-0.1, -0.05) is 13.3 Å². The molecule has 19 heavy (non-hydrogen) atoms. The predicted molar refractivity (Wildman–Crippen MR) is 79.3 cm³/mol. The van der Waals surface area contributed by atoms with E-state index in [-0.39, 0.29) is 0 Å². The van der Waals surface area contributed by atoms with E-state index in [4.69, 9.17) is 0 Å². The largest absolute Gasteiger partial charge is 0.315 e. The fraction of sp³-hybridized carbons (Fsp3) is 0.800. The number of hydrogen-bond acceptors (Lipinski definition) is 3. The molecule has 1 saturated heterocycles. The van der Waals surface area contributed by atoms with Crippen LogP contribution in [0.3, 0.4) is 0 Å². The molecule has 1 aromatic heterocycles. The second-order valence-electron chi connectivity index (χ2n) is 5.59. The monoisotopic (exact) mass is 264 g/mol. The number of nitrogens with one attached hydrogen (secondary N) is 1. The van der Waals surface area contributed by atoms with E-state index >= 15 is 0 Å². The Kier molecular flexibility index (Phi) is 5.86. The summed E-state index contributed by atoms with van der Waals surface area (Å²) in [5.41, 5.74) is 1.34. The van der Waals surface area contributed by atoms with Crippen LogP contribution >= 0.6 is 0 Å². The maximum Gasteiger partial charge on any atom is 0.0492 e. The van der Waals surface area contributed by atoms with Crippen LogP contribution in [-0.2, 0) is 13.5 Å². The van der Waals surface area contributed by atoms with Gasteiger partial charge in [-0.05, 0) is 38.4 Å². The second kappa shape index (κ2) is 7.65. The standard InChI is InChI=1S/C15H28N4/c1-3-9-16-13-15-6-4-5-11-19(15)12-8-14-7-10-17-18(14)2/h7,10,15-16H,3-6,8-9,11-13H2,1-2H3. The minimum atomic E-state index is 0.730. The van der Waals surface area contributed by atoms with Crippen molar-refractivity contribution in [1.29, 1.82) is 0 Å². The van der Waals surface area contributed by atoms with Crippen molar-refractivity contribution >= 4 is 0 Å². The van der Waals surface area contributed by atoms with Crippen molar-refractivity contribution in [3.63, 3.8) is 0 Å². The first kappa shape index (κ1) is 14.5. The van der Waals surface area contributed by atoms with Crippen molar-refractivity contribution in [2.24, 2.45) is 7.05 Å². The topological polar surface area (TPSA) is 33.1 Å². The molecule has 1 fully saturated rings. The molecule has 0 aliphatic carbocycles. The number of aryl methyl sites for hydroxylation is 1. The van der Waals surface area contributed by atoms with E-state index in [0.29, 0.717) is 0 Å². The van der Waals surface area contributed by atoms with Crippen LogP contribution in [0.5, 0.6) is 0 Å². The van der Waals surface area contributed by atoms with Crippen molar-refractivity contribution in [1.82, 2.24) is 20.0 Å². The Morgan fingerprint density at radius 3 is 3.05 bits per heavy atom. The summed E-state index contributed by atoms with van der Waals surface area (Å²) < 4.78 is 1.99. The number of hydrogen-bond donors (Lipinski definition) is 1. The molecular weight excluding hydrogens is 236 g/mol. The van der Waals surface area contributed by atoms with Gasteiger partial charge in [0.1, 0.15) is 0 Å². The molecule has 108 valence electrons. The first-order chi connectivity index (χ1) is 9.31. The first-order valence-corrected chi connectivity index (χ1v) is 7.73. The highest BCUT2D eigenvalue weighted by atomic mass is 15.3. The smallest absolute Gasteiger partial charge is 0.0492 e. The minimum absolute atomic E-state index is 0.730. The van der Waals surface area contributed by atoms with Gasteiger partial charge in [-0.15, -0.1) is 0 Å². The van der Waals surface area contributed by atoms with E-state index in [0.717, 1.165) is 32.1 Å². The SMILES string of the molecule is CCCNCC1CCCCN1CCc1ccnn1C. The van der Waals surface area contributed by atoms with Crippen LogP contribution in [-0.4, -0.2) is 46.9 Å². The number of piperidine rings is 1. The number of likely N-dealkylation sites (tertiary alicyclic amines) is 1. The molecule has 0 saturated carbocycles. The van der Waals surface area contributed by atoms with Gasteiger partial charge in [-0.2, -0.15) is 5.10 Å². The Hall–Kier alpha value is -0.870. The molecule has 4 nitrogen and oxygen atoms in total. The van der Waals surface area contributed by atoms with Gasteiger partial charge in [0, 0.05) is 44.5 Å². The molecular formula is C15H28N4. The van der Waals surface area contributed by atoms with Crippen molar-refractivity contribution in [2.75, 3.05) is 26.2 Å². The minimum Gasteiger partial charge on any atom is -0.315 e. The summed E-state index contributed by atoms with van der Waals surface area (Å²) in [7, 11) is 2.03. The van der Waals surface area contributed by atoms with Crippen molar-refractivity contribution in [2.45, 2.75) is 45.1 Å². The van der Waals surface area contributed by atoms with E-state index in [9.17, 15) is 0 Å². The highest BCUT2D eigenvalue weighted by Crippen LogP contribution is 2.17. The molecule has 1 aliphatic heterocycles. The van der Waals surface area contributed by atoms with Gasteiger partial charge < -0.3 is 5.32 Å². The van der Waals surface area contributed by atoms with Crippen molar-refractivity contribution < 1.29 is 0 Å². The molecule has 2 heterocycles. The zero-order chi connectivity index (χ0) is 13.5. The summed E-state index contributed by atoms with van der Waals surface area (Å²) in [5.74, 6) is 0. The van der Waals surface area contributed by atoms with Gasteiger partial charge in [0.25, 0.3) is 0 Å². The molecule has 1 aromatic rings. The average Bonchev–Trinajstić information content (AvgIpc) is 2.83. The van der Waals surface area contributed by atoms with Gasteiger partial charge in [0.15, 0.2) is 0 Å². The number of nitrogens with zero attached hydrogens (tertiary/aromatic N) is 3. The molecule has 0 radical (unpaired) electrons. The fourth-order valence-corrected chi connectivity index (χ4v) is 2.94. The maximum atomic E-state index is 4.25. The van der Waals surface area contributed by atoms with Crippen LogP contribution < -0.4 is 5.32 Å². The number of rotatable bonds is 7. The fourth-order valence-electron chi connectivity index (χ4n) is 2.94. The molecule has 0 aromatic carbocycles.